The summed E-state index contributed by atoms with van der Waals surface area (Å²) in [5.41, 5.74) is 1.37. The highest BCUT2D eigenvalue weighted by atomic mass is 15.1. The molecule has 1 aromatic carbocycles. The molecule has 0 aliphatic rings. The smallest absolute Gasteiger partial charge is 0.131 e. The summed E-state index contributed by atoms with van der Waals surface area (Å²) in [6.07, 6.45) is 3.75. The van der Waals surface area contributed by atoms with Gasteiger partial charge < -0.3 is 15.5 Å². The van der Waals surface area contributed by atoms with Crippen molar-refractivity contribution in [2.24, 2.45) is 0 Å². The van der Waals surface area contributed by atoms with Crippen molar-refractivity contribution in [1.82, 2.24) is 14.9 Å². The van der Waals surface area contributed by atoms with Crippen LogP contribution in [0.1, 0.15) is 12.0 Å². The van der Waals surface area contributed by atoms with Crippen LogP contribution in [0, 0.1) is 0 Å². The van der Waals surface area contributed by atoms with Crippen molar-refractivity contribution < 1.29 is 0 Å². The Morgan fingerprint density at radius 3 is 2.32 bits per heavy atom. The van der Waals surface area contributed by atoms with Crippen molar-refractivity contribution in [1.29, 1.82) is 0 Å². The summed E-state index contributed by atoms with van der Waals surface area (Å²) >= 11 is 0. The molecule has 0 amide bonds. The van der Waals surface area contributed by atoms with Gasteiger partial charge in [-0.2, -0.15) is 0 Å². The van der Waals surface area contributed by atoms with E-state index in [-0.39, 0.29) is 0 Å². The molecule has 0 saturated carbocycles. The van der Waals surface area contributed by atoms with Gasteiger partial charge in [0.25, 0.3) is 0 Å². The highest BCUT2D eigenvalue weighted by molar-refractivity contribution is 5.46. The van der Waals surface area contributed by atoms with Gasteiger partial charge in [-0.1, -0.05) is 30.3 Å². The first-order valence-corrected chi connectivity index (χ1v) is 7.72. The molecule has 2 rings (SSSR count). The van der Waals surface area contributed by atoms with Crippen LogP contribution in [-0.2, 0) is 6.42 Å². The molecule has 2 N–H and O–H groups in total. The lowest BCUT2D eigenvalue weighted by Crippen LogP contribution is -2.21. The minimum atomic E-state index is 0.863. The summed E-state index contributed by atoms with van der Waals surface area (Å²) in [5.74, 6) is 1.73. The molecule has 0 atom stereocenters. The lowest BCUT2D eigenvalue weighted by Gasteiger charge is -2.11. The van der Waals surface area contributed by atoms with Crippen LogP contribution in [-0.4, -0.2) is 48.6 Å². The number of aromatic nitrogens is 2. The minimum absolute atomic E-state index is 0.863. The Balaban J connectivity index is 1.71. The van der Waals surface area contributed by atoms with E-state index in [1.165, 1.54) is 5.56 Å². The number of benzene rings is 1. The average Bonchev–Trinajstić information content (AvgIpc) is 2.53. The average molecular weight is 299 g/mol. The maximum atomic E-state index is 4.25. The van der Waals surface area contributed by atoms with E-state index in [0.29, 0.717) is 0 Å². The molecule has 5 heteroatoms. The summed E-state index contributed by atoms with van der Waals surface area (Å²) in [4.78, 5) is 10.6. The molecule has 22 heavy (non-hydrogen) atoms. The van der Waals surface area contributed by atoms with Gasteiger partial charge in [-0.15, -0.1) is 0 Å². The lowest BCUT2D eigenvalue weighted by molar-refractivity contribution is 0.425. The van der Waals surface area contributed by atoms with Crippen LogP contribution < -0.4 is 10.6 Å². The molecule has 118 valence electrons. The second-order valence-corrected chi connectivity index (χ2v) is 5.53. The van der Waals surface area contributed by atoms with E-state index in [4.69, 9.17) is 0 Å². The number of rotatable bonds is 9. The number of aryl methyl sites for hydroxylation is 1. The van der Waals surface area contributed by atoms with E-state index in [2.05, 4.69) is 63.9 Å². The first-order chi connectivity index (χ1) is 10.7. The molecule has 0 aliphatic heterocycles. The second-order valence-electron chi connectivity index (χ2n) is 5.53. The Kier molecular flexibility index (Phi) is 6.64. The van der Waals surface area contributed by atoms with E-state index in [1.54, 1.807) is 6.33 Å². The van der Waals surface area contributed by atoms with E-state index in [0.717, 1.165) is 44.1 Å². The summed E-state index contributed by atoms with van der Waals surface area (Å²) < 4.78 is 0. The van der Waals surface area contributed by atoms with Crippen molar-refractivity contribution >= 4 is 11.6 Å². The van der Waals surface area contributed by atoms with Crippen LogP contribution in [0.5, 0.6) is 0 Å². The van der Waals surface area contributed by atoms with Gasteiger partial charge in [0, 0.05) is 25.7 Å². The fourth-order valence-corrected chi connectivity index (χ4v) is 2.11. The van der Waals surface area contributed by atoms with Gasteiger partial charge in [0.15, 0.2) is 0 Å². The molecular formula is C17H25N5. The number of hydrogen-bond donors (Lipinski definition) is 2. The zero-order valence-electron chi connectivity index (χ0n) is 13.4. The van der Waals surface area contributed by atoms with Crippen molar-refractivity contribution in [2.75, 3.05) is 44.4 Å². The molecule has 5 nitrogen and oxygen atoms in total. The summed E-state index contributed by atoms with van der Waals surface area (Å²) in [6, 6.07) is 12.5. The normalized spacial score (nSPS) is 10.7. The summed E-state index contributed by atoms with van der Waals surface area (Å²) in [6.45, 7) is 2.75. The Labute approximate surface area is 132 Å². The van der Waals surface area contributed by atoms with Gasteiger partial charge in [-0.05, 0) is 32.5 Å². The zero-order chi connectivity index (χ0) is 15.6. The number of hydrogen-bond acceptors (Lipinski definition) is 5. The molecule has 0 spiro atoms. The van der Waals surface area contributed by atoms with Crippen LogP contribution in [0.25, 0.3) is 0 Å². The predicted molar refractivity (Wildman–Crippen MR) is 92.3 cm³/mol. The molecule has 1 heterocycles. The van der Waals surface area contributed by atoms with Gasteiger partial charge in [-0.25, -0.2) is 9.97 Å². The maximum Gasteiger partial charge on any atom is 0.131 e. The third-order valence-corrected chi connectivity index (χ3v) is 3.32. The lowest BCUT2D eigenvalue weighted by atomic mass is 10.1. The Hall–Kier alpha value is -2.14. The Morgan fingerprint density at radius 1 is 0.955 bits per heavy atom. The summed E-state index contributed by atoms with van der Waals surface area (Å²) in [7, 11) is 4.11. The quantitative estimate of drug-likeness (QED) is 0.697. The van der Waals surface area contributed by atoms with Gasteiger partial charge in [-0.3, -0.25) is 0 Å². The predicted octanol–water partition coefficient (Wildman–Crippen LogP) is 2.49. The minimum Gasteiger partial charge on any atom is -0.370 e. The van der Waals surface area contributed by atoms with Crippen molar-refractivity contribution in [3.63, 3.8) is 0 Å². The van der Waals surface area contributed by atoms with Gasteiger partial charge in [0.1, 0.15) is 18.0 Å². The zero-order valence-corrected chi connectivity index (χ0v) is 13.4. The van der Waals surface area contributed by atoms with Crippen molar-refractivity contribution in [3.8, 4) is 0 Å². The Bertz CT molecular complexity index is 542. The fraction of sp³-hybridized carbons (Fsp3) is 0.412. The van der Waals surface area contributed by atoms with Crippen LogP contribution in [0.3, 0.4) is 0 Å². The van der Waals surface area contributed by atoms with E-state index in [1.807, 2.05) is 12.1 Å². The molecule has 0 fully saturated rings. The van der Waals surface area contributed by atoms with Crippen LogP contribution in [0.4, 0.5) is 11.6 Å². The van der Waals surface area contributed by atoms with Gasteiger partial charge in [0.2, 0.25) is 0 Å². The van der Waals surface area contributed by atoms with E-state index >= 15 is 0 Å². The highest BCUT2D eigenvalue weighted by Gasteiger charge is 1.99. The van der Waals surface area contributed by atoms with Crippen molar-refractivity contribution in [3.05, 3.63) is 48.3 Å². The first-order valence-electron chi connectivity index (χ1n) is 7.72. The molecular weight excluding hydrogens is 274 g/mol. The molecule has 2 aromatic rings. The molecule has 0 aliphatic carbocycles. The topological polar surface area (TPSA) is 53.1 Å². The highest BCUT2D eigenvalue weighted by Crippen LogP contribution is 2.09. The maximum absolute atomic E-state index is 4.25. The summed E-state index contributed by atoms with van der Waals surface area (Å²) in [5, 5.41) is 6.65. The van der Waals surface area contributed by atoms with Crippen molar-refractivity contribution in [2.45, 2.75) is 12.8 Å². The number of nitrogens with one attached hydrogen (secondary N) is 2. The van der Waals surface area contributed by atoms with E-state index in [9.17, 15) is 0 Å². The molecule has 0 radical (unpaired) electrons. The number of nitrogens with zero attached hydrogens (tertiary/aromatic N) is 3. The molecule has 0 bridgehead atoms. The van der Waals surface area contributed by atoms with E-state index < -0.39 is 0 Å². The standard InChI is InChI=1S/C17H25N5/c1-22(2)12-11-19-17-13-16(20-14-21-17)18-10-6-9-15-7-4-3-5-8-15/h3-5,7-8,13-14H,6,9-12H2,1-2H3,(H2,18,19,20,21). The molecule has 0 unspecified atom stereocenters. The number of likely N-dealkylation sites (N-methyl/N-ethyl adjacent to an activating group) is 1. The van der Waals surface area contributed by atoms with Crippen LogP contribution in [0.2, 0.25) is 0 Å². The molecule has 0 saturated heterocycles. The van der Waals surface area contributed by atoms with Gasteiger partial charge in [0.05, 0.1) is 0 Å². The third-order valence-electron chi connectivity index (χ3n) is 3.32. The van der Waals surface area contributed by atoms with Crippen LogP contribution in [0.15, 0.2) is 42.7 Å². The first kappa shape index (κ1) is 16.2. The Morgan fingerprint density at radius 2 is 1.64 bits per heavy atom. The van der Waals surface area contributed by atoms with Crippen LogP contribution >= 0.6 is 0 Å². The SMILES string of the molecule is CN(C)CCNc1cc(NCCCc2ccccc2)ncn1. The largest absolute Gasteiger partial charge is 0.370 e. The third kappa shape index (κ3) is 6.10. The fourth-order valence-electron chi connectivity index (χ4n) is 2.11. The molecule has 1 aromatic heterocycles. The van der Waals surface area contributed by atoms with Gasteiger partial charge >= 0.3 is 0 Å². The number of anilines is 2. The monoisotopic (exact) mass is 299 g/mol. The second kappa shape index (κ2) is 9.00.